The van der Waals surface area contributed by atoms with Gasteiger partial charge in [0.25, 0.3) is 11.8 Å². The molecule has 188 valence electrons. The highest BCUT2D eigenvalue weighted by Gasteiger charge is 2.25. The van der Waals surface area contributed by atoms with Crippen molar-refractivity contribution in [2.24, 2.45) is 0 Å². The van der Waals surface area contributed by atoms with Crippen molar-refractivity contribution in [1.29, 1.82) is 0 Å². The largest absolute Gasteiger partial charge is 0.322 e. The summed E-state index contributed by atoms with van der Waals surface area (Å²) in [4.78, 5) is 25.6. The molecule has 1 saturated heterocycles. The van der Waals surface area contributed by atoms with E-state index in [1.807, 2.05) is 6.92 Å². The summed E-state index contributed by atoms with van der Waals surface area (Å²) in [6.45, 7) is 2.23. The van der Waals surface area contributed by atoms with E-state index in [-0.39, 0.29) is 22.2 Å². The van der Waals surface area contributed by atoms with E-state index >= 15 is 0 Å². The van der Waals surface area contributed by atoms with Gasteiger partial charge in [0.1, 0.15) is 0 Å². The average Bonchev–Trinajstić information content (AvgIpc) is 3.01. The number of anilines is 3. The van der Waals surface area contributed by atoms with Crippen molar-refractivity contribution in [2.45, 2.75) is 26.2 Å². The van der Waals surface area contributed by atoms with Crippen LogP contribution in [0.1, 0.15) is 45.5 Å². The Kier molecular flexibility index (Phi) is 7.88. The summed E-state index contributed by atoms with van der Waals surface area (Å²) in [6.07, 6.45) is 2.25. The Balaban J connectivity index is 1.51. The maximum Gasteiger partial charge on any atom is 0.257 e. The molecule has 0 saturated carbocycles. The Morgan fingerprint density at radius 2 is 1.69 bits per heavy atom. The Bertz CT molecular complexity index is 1430. The summed E-state index contributed by atoms with van der Waals surface area (Å²) in [5, 5.41) is 6.22. The first-order chi connectivity index (χ1) is 17.1. The summed E-state index contributed by atoms with van der Waals surface area (Å²) in [5.41, 5.74) is 2.87. The predicted octanol–water partition coefficient (Wildman–Crippen LogP) is 6.13. The van der Waals surface area contributed by atoms with Gasteiger partial charge in [-0.2, -0.15) is 0 Å². The quantitative estimate of drug-likeness (QED) is 0.403. The third kappa shape index (κ3) is 6.00. The first-order valence-electron chi connectivity index (χ1n) is 11.4. The van der Waals surface area contributed by atoms with Crippen molar-refractivity contribution >= 4 is 62.1 Å². The zero-order valence-corrected chi connectivity index (χ0v) is 21.9. The number of nitrogens with one attached hydrogen (secondary N) is 2. The Morgan fingerprint density at radius 3 is 2.44 bits per heavy atom. The molecule has 3 aromatic carbocycles. The number of hydrogen-bond donors (Lipinski definition) is 2. The summed E-state index contributed by atoms with van der Waals surface area (Å²) in [5.74, 6) is -0.691. The fraction of sp³-hybridized carbons (Fsp3) is 0.231. The van der Waals surface area contributed by atoms with E-state index in [1.165, 1.54) is 16.4 Å². The molecule has 2 amide bonds. The summed E-state index contributed by atoms with van der Waals surface area (Å²) in [7, 11) is -3.42. The molecular formula is C26H25Cl2N3O4S. The zero-order valence-electron chi connectivity index (χ0n) is 19.6. The van der Waals surface area contributed by atoms with Gasteiger partial charge in [0, 0.05) is 28.5 Å². The number of carbonyl (C=O) groups excluding carboxylic acids is 2. The lowest BCUT2D eigenvalue weighted by atomic mass is 10.1. The Hall–Kier alpha value is -3.07. The van der Waals surface area contributed by atoms with Crippen molar-refractivity contribution in [3.05, 3.63) is 87.4 Å². The second-order valence-corrected chi connectivity index (χ2v) is 11.4. The molecule has 0 radical (unpaired) electrons. The van der Waals surface area contributed by atoms with Gasteiger partial charge in [-0.25, -0.2) is 8.42 Å². The SMILES string of the molecule is Cc1ccc(NC(=O)c2ccc(N3CCCCCS3(=O)=O)cc2Cl)cc1NC(=O)c1cccc(Cl)c1. The van der Waals surface area contributed by atoms with E-state index in [0.29, 0.717) is 40.6 Å². The molecule has 36 heavy (non-hydrogen) atoms. The van der Waals surface area contributed by atoms with Gasteiger partial charge in [0.15, 0.2) is 0 Å². The normalized spacial score (nSPS) is 15.1. The van der Waals surface area contributed by atoms with Crippen molar-refractivity contribution in [1.82, 2.24) is 0 Å². The molecule has 2 N–H and O–H groups in total. The van der Waals surface area contributed by atoms with Gasteiger partial charge in [-0.05, 0) is 73.9 Å². The zero-order chi connectivity index (χ0) is 25.9. The Labute approximate surface area is 220 Å². The molecule has 0 aromatic heterocycles. The van der Waals surface area contributed by atoms with Gasteiger partial charge >= 0.3 is 0 Å². The number of halogens is 2. The van der Waals surface area contributed by atoms with Crippen LogP contribution < -0.4 is 14.9 Å². The topological polar surface area (TPSA) is 95.6 Å². The molecule has 0 spiro atoms. The lowest BCUT2D eigenvalue weighted by Gasteiger charge is -2.22. The van der Waals surface area contributed by atoms with Crippen LogP contribution in [0.4, 0.5) is 17.1 Å². The number of amides is 2. The van der Waals surface area contributed by atoms with Crippen LogP contribution in [0.5, 0.6) is 0 Å². The minimum Gasteiger partial charge on any atom is -0.322 e. The third-order valence-corrected chi connectivity index (χ3v) is 8.33. The lowest BCUT2D eigenvalue weighted by molar-refractivity contribution is 0.101. The second-order valence-electron chi connectivity index (χ2n) is 8.56. The van der Waals surface area contributed by atoms with Gasteiger partial charge in [-0.3, -0.25) is 13.9 Å². The molecule has 4 rings (SSSR count). The highest BCUT2D eigenvalue weighted by Crippen LogP contribution is 2.29. The lowest BCUT2D eigenvalue weighted by Crippen LogP contribution is -2.32. The fourth-order valence-corrected chi connectivity index (χ4v) is 6.04. The van der Waals surface area contributed by atoms with Crippen LogP contribution in [0.25, 0.3) is 0 Å². The molecule has 3 aromatic rings. The van der Waals surface area contributed by atoms with Crippen LogP contribution in [0.3, 0.4) is 0 Å². The van der Waals surface area contributed by atoms with E-state index in [0.717, 1.165) is 18.4 Å². The summed E-state index contributed by atoms with van der Waals surface area (Å²) >= 11 is 12.4. The van der Waals surface area contributed by atoms with Crippen LogP contribution in [0, 0.1) is 6.92 Å². The molecule has 1 aliphatic rings. The standard InChI is InChI=1S/C26H25Cl2N3O4S/c1-17-8-9-20(15-24(17)30-25(32)18-6-5-7-19(27)14-18)29-26(33)22-11-10-21(16-23(22)28)31-12-3-2-4-13-36(31,34)35/h5-11,14-16H,2-4,12-13H2,1H3,(H,29,33)(H,30,32). The monoisotopic (exact) mass is 545 g/mol. The molecule has 0 bridgehead atoms. The van der Waals surface area contributed by atoms with Gasteiger partial charge in [0.05, 0.1) is 22.0 Å². The van der Waals surface area contributed by atoms with Crippen LogP contribution in [-0.4, -0.2) is 32.5 Å². The number of sulfonamides is 1. The number of hydrogen-bond acceptors (Lipinski definition) is 4. The molecular weight excluding hydrogens is 521 g/mol. The molecule has 1 fully saturated rings. The Morgan fingerprint density at radius 1 is 0.889 bits per heavy atom. The minimum atomic E-state index is -3.42. The van der Waals surface area contributed by atoms with Crippen molar-refractivity contribution in [2.75, 3.05) is 27.2 Å². The van der Waals surface area contributed by atoms with Crippen molar-refractivity contribution in [3.63, 3.8) is 0 Å². The van der Waals surface area contributed by atoms with Gasteiger partial charge in [-0.1, -0.05) is 41.8 Å². The van der Waals surface area contributed by atoms with Crippen molar-refractivity contribution < 1.29 is 18.0 Å². The van der Waals surface area contributed by atoms with Crippen LogP contribution >= 0.6 is 23.2 Å². The van der Waals surface area contributed by atoms with Gasteiger partial charge in [-0.15, -0.1) is 0 Å². The molecule has 7 nitrogen and oxygen atoms in total. The average molecular weight is 546 g/mol. The maximum atomic E-state index is 13.0. The summed E-state index contributed by atoms with van der Waals surface area (Å²) < 4.78 is 26.5. The van der Waals surface area contributed by atoms with Crippen LogP contribution in [0.2, 0.25) is 10.0 Å². The van der Waals surface area contributed by atoms with E-state index < -0.39 is 15.9 Å². The third-order valence-electron chi connectivity index (χ3n) is 5.92. The first-order valence-corrected chi connectivity index (χ1v) is 13.8. The minimum absolute atomic E-state index is 0.0937. The molecule has 0 aliphatic carbocycles. The van der Waals surface area contributed by atoms with E-state index in [4.69, 9.17) is 23.2 Å². The predicted molar refractivity (Wildman–Crippen MR) is 145 cm³/mol. The smallest absolute Gasteiger partial charge is 0.257 e. The highest BCUT2D eigenvalue weighted by atomic mass is 35.5. The highest BCUT2D eigenvalue weighted by molar-refractivity contribution is 7.92. The van der Waals surface area contributed by atoms with Crippen LogP contribution in [0.15, 0.2) is 60.7 Å². The molecule has 0 unspecified atom stereocenters. The number of carbonyl (C=O) groups is 2. The second kappa shape index (κ2) is 10.9. The molecule has 1 aliphatic heterocycles. The molecule has 0 atom stereocenters. The number of benzene rings is 3. The van der Waals surface area contributed by atoms with Gasteiger partial charge < -0.3 is 10.6 Å². The van der Waals surface area contributed by atoms with E-state index in [9.17, 15) is 18.0 Å². The number of nitrogens with zero attached hydrogens (tertiary/aromatic N) is 1. The van der Waals surface area contributed by atoms with Crippen LogP contribution in [-0.2, 0) is 10.0 Å². The molecule has 10 heteroatoms. The number of aryl methyl sites for hydroxylation is 1. The molecule has 1 heterocycles. The van der Waals surface area contributed by atoms with Crippen molar-refractivity contribution in [3.8, 4) is 0 Å². The maximum absolute atomic E-state index is 13.0. The van der Waals surface area contributed by atoms with Gasteiger partial charge in [0.2, 0.25) is 10.0 Å². The first kappa shape index (κ1) is 26.0. The fourth-order valence-electron chi connectivity index (χ4n) is 3.96. The number of rotatable bonds is 5. The summed E-state index contributed by atoms with van der Waals surface area (Å²) in [6, 6.07) is 16.4. The van der Waals surface area contributed by atoms with E-state index in [2.05, 4.69) is 10.6 Å². The van der Waals surface area contributed by atoms with E-state index in [1.54, 1.807) is 48.5 Å².